The maximum atomic E-state index is 14.0. The topological polar surface area (TPSA) is 156 Å². The zero-order valence-electron chi connectivity index (χ0n) is 28.3. The molecule has 0 unspecified atom stereocenters. The second-order valence-electron chi connectivity index (χ2n) is 11.5. The fraction of sp³-hybridized carbons (Fsp3) is 0.514. The number of methoxy groups -OCH3 is 1. The average Bonchev–Trinajstić information content (AvgIpc) is 3.57. The summed E-state index contributed by atoms with van der Waals surface area (Å²) in [5.41, 5.74) is 1.58. The van der Waals surface area contributed by atoms with Gasteiger partial charge in [0.1, 0.15) is 11.3 Å². The van der Waals surface area contributed by atoms with Crippen LogP contribution in [-0.2, 0) is 43.2 Å². The molecule has 0 saturated carbocycles. The lowest BCUT2D eigenvalue weighted by Crippen LogP contribution is -2.41. The SMILES string of the molecule is COc1ccc(S(=O)(=O)N(CCO)CCO[C@H]2C[C@@H](c3coc4ccccc34)C=C(C(=O)N3CCOCCOCCOCCOCC3)O2)cc1. The molecule has 15 heteroatoms. The first-order valence-electron chi connectivity index (χ1n) is 16.7. The summed E-state index contributed by atoms with van der Waals surface area (Å²) < 4.78 is 73.7. The maximum Gasteiger partial charge on any atom is 0.288 e. The van der Waals surface area contributed by atoms with E-state index in [9.17, 15) is 18.3 Å². The zero-order valence-corrected chi connectivity index (χ0v) is 29.1. The highest BCUT2D eigenvalue weighted by molar-refractivity contribution is 7.89. The summed E-state index contributed by atoms with van der Waals surface area (Å²) in [5, 5.41) is 10.6. The molecule has 2 aromatic carbocycles. The number of allylic oxidation sites excluding steroid dienone is 1. The first-order valence-corrected chi connectivity index (χ1v) is 18.2. The second-order valence-corrected chi connectivity index (χ2v) is 13.5. The van der Waals surface area contributed by atoms with E-state index in [4.69, 9.17) is 37.6 Å². The van der Waals surface area contributed by atoms with Crippen molar-refractivity contribution in [2.45, 2.75) is 23.5 Å². The Kier molecular flexibility index (Phi) is 14.5. The molecular formula is C35H46N2O12S. The highest BCUT2D eigenvalue weighted by Crippen LogP contribution is 2.36. The molecule has 3 heterocycles. The van der Waals surface area contributed by atoms with Crippen LogP contribution in [0.1, 0.15) is 17.9 Å². The van der Waals surface area contributed by atoms with Gasteiger partial charge < -0.3 is 47.6 Å². The second kappa shape index (κ2) is 19.2. The maximum absolute atomic E-state index is 14.0. The molecule has 2 atom stereocenters. The van der Waals surface area contributed by atoms with Gasteiger partial charge >= 0.3 is 0 Å². The summed E-state index contributed by atoms with van der Waals surface area (Å²) in [6.45, 7) is 3.06. The van der Waals surface area contributed by atoms with Crippen LogP contribution in [-0.4, -0.2) is 134 Å². The third kappa shape index (κ3) is 10.3. The van der Waals surface area contributed by atoms with Gasteiger partial charge in [0.05, 0.1) is 84.3 Å². The Hall–Kier alpha value is -3.54. The molecule has 0 radical (unpaired) electrons. The number of hydrogen-bond acceptors (Lipinski definition) is 12. The molecule has 5 rings (SSSR count). The molecule has 2 aliphatic heterocycles. The molecule has 3 aromatic rings. The largest absolute Gasteiger partial charge is 0.497 e. The number of aliphatic hydroxyl groups is 1. The fourth-order valence-corrected chi connectivity index (χ4v) is 7.06. The lowest BCUT2D eigenvalue weighted by molar-refractivity contribution is -0.153. The van der Waals surface area contributed by atoms with Crippen LogP contribution in [0.4, 0.5) is 0 Å². The number of hydrogen-bond donors (Lipinski definition) is 1. The van der Waals surface area contributed by atoms with Crippen LogP contribution >= 0.6 is 0 Å². The molecule has 1 fully saturated rings. The van der Waals surface area contributed by atoms with Crippen LogP contribution in [0, 0.1) is 0 Å². The van der Waals surface area contributed by atoms with Crippen LogP contribution in [0.2, 0.25) is 0 Å². The van der Waals surface area contributed by atoms with Gasteiger partial charge in [-0.3, -0.25) is 4.79 Å². The molecule has 274 valence electrons. The number of aliphatic hydroxyl groups excluding tert-OH is 1. The molecule has 50 heavy (non-hydrogen) atoms. The predicted molar refractivity (Wildman–Crippen MR) is 181 cm³/mol. The van der Waals surface area contributed by atoms with Gasteiger partial charge in [0, 0.05) is 49.5 Å². The van der Waals surface area contributed by atoms with Crippen LogP contribution in [0.5, 0.6) is 5.75 Å². The Bertz CT molecular complexity index is 1610. The lowest BCUT2D eigenvalue weighted by atomic mass is 9.92. The summed E-state index contributed by atoms with van der Waals surface area (Å²) in [4.78, 5) is 15.7. The predicted octanol–water partition coefficient (Wildman–Crippen LogP) is 2.76. The number of nitrogens with zero attached hydrogens (tertiary/aromatic N) is 2. The normalized spacial score (nSPS) is 20.5. The third-order valence-corrected chi connectivity index (χ3v) is 10.2. The molecular weight excluding hydrogens is 672 g/mol. The van der Waals surface area contributed by atoms with E-state index < -0.39 is 16.3 Å². The molecule has 14 nitrogen and oxygen atoms in total. The minimum atomic E-state index is -3.95. The van der Waals surface area contributed by atoms with Crippen molar-refractivity contribution in [3.63, 3.8) is 0 Å². The van der Waals surface area contributed by atoms with E-state index in [1.807, 2.05) is 24.3 Å². The van der Waals surface area contributed by atoms with E-state index >= 15 is 0 Å². The molecule has 0 aliphatic carbocycles. The fourth-order valence-electron chi connectivity index (χ4n) is 5.64. The van der Waals surface area contributed by atoms with Crippen LogP contribution in [0.3, 0.4) is 0 Å². The standard InChI is InChI=1S/C35H46N2O12S/c1-42-28-6-8-29(9-7-28)50(40,41)37(10-14-38)13-17-47-34-25-27(31-26-48-32-5-3-2-4-30(31)32)24-33(49-34)35(39)36-11-15-43-18-20-45-22-23-46-21-19-44-16-12-36/h2-9,24,26-27,34,38H,10-23,25H2,1H3/t27-,34+/m0/s1. The van der Waals surface area contributed by atoms with Crippen molar-refractivity contribution in [1.29, 1.82) is 0 Å². The van der Waals surface area contributed by atoms with E-state index in [-0.39, 0.29) is 62.0 Å². The van der Waals surface area contributed by atoms with E-state index in [2.05, 4.69) is 0 Å². The summed E-state index contributed by atoms with van der Waals surface area (Å²) in [5.74, 6) is -0.0477. The van der Waals surface area contributed by atoms with Crippen LogP contribution < -0.4 is 4.74 Å². The highest BCUT2D eigenvalue weighted by atomic mass is 32.2. The minimum Gasteiger partial charge on any atom is -0.497 e. The number of benzene rings is 2. The first-order chi connectivity index (χ1) is 24.4. The van der Waals surface area contributed by atoms with Gasteiger partial charge in [-0.15, -0.1) is 0 Å². The van der Waals surface area contributed by atoms with Gasteiger partial charge in [-0.2, -0.15) is 4.31 Å². The summed E-state index contributed by atoms with van der Waals surface area (Å²) >= 11 is 0. The van der Waals surface area contributed by atoms with Crippen molar-refractivity contribution in [3.8, 4) is 5.75 Å². The Morgan fingerprint density at radius 1 is 0.900 bits per heavy atom. The quantitative estimate of drug-likeness (QED) is 0.310. The van der Waals surface area contributed by atoms with E-state index in [0.29, 0.717) is 70.5 Å². The number of amides is 1. The zero-order chi connectivity index (χ0) is 35.2. The highest BCUT2D eigenvalue weighted by Gasteiger charge is 2.33. The molecule has 2 aliphatic rings. The first kappa shape index (κ1) is 37.7. The molecule has 0 bridgehead atoms. The van der Waals surface area contributed by atoms with E-state index in [0.717, 1.165) is 15.3 Å². The number of carbonyl (C=O) groups is 1. The van der Waals surface area contributed by atoms with Crippen molar-refractivity contribution in [2.24, 2.45) is 0 Å². The smallest absolute Gasteiger partial charge is 0.288 e. The number of ether oxygens (including phenoxy) is 7. The van der Waals surface area contributed by atoms with Gasteiger partial charge in [0.2, 0.25) is 16.3 Å². The number of sulfonamides is 1. The Morgan fingerprint density at radius 3 is 2.18 bits per heavy atom. The van der Waals surface area contributed by atoms with Crippen LogP contribution in [0.25, 0.3) is 11.0 Å². The minimum absolute atomic E-state index is 0.0595. The van der Waals surface area contributed by atoms with Gasteiger partial charge in [-0.25, -0.2) is 8.42 Å². The molecule has 1 N–H and O–H groups in total. The monoisotopic (exact) mass is 718 g/mol. The van der Waals surface area contributed by atoms with Crippen molar-refractivity contribution in [2.75, 3.05) is 99.4 Å². The average molecular weight is 719 g/mol. The summed E-state index contributed by atoms with van der Waals surface area (Å²) in [7, 11) is -2.45. The van der Waals surface area contributed by atoms with Gasteiger partial charge in [0.15, 0.2) is 5.76 Å². The molecule has 1 saturated heterocycles. The van der Waals surface area contributed by atoms with E-state index in [1.165, 1.54) is 19.2 Å². The number of fused-ring (bicyclic) bond motifs is 1. The van der Waals surface area contributed by atoms with Gasteiger partial charge in [-0.05, 0) is 36.4 Å². The Morgan fingerprint density at radius 2 is 1.54 bits per heavy atom. The molecule has 1 aromatic heterocycles. The Labute approximate surface area is 292 Å². The lowest BCUT2D eigenvalue weighted by Gasteiger charge is -2.32. The summed E-state index contributed by atoms with van der Waals surface area (Å²) in [6.07, 6.45) is 2.92. The van der Waals surface area contributed by atoms with Crippen molar-refractivity contribution in [3.05, 3.63) is 72.2 Å². The Balaban J connectivity index is 1.31. The van der Waals surface area contributed by atoms with Crippen molar-refractivity contribution < 1.29 is 55.9 Å². The number of furan rings is 1. The molecule has 1 amide bonds. The molecule has 0 spiro atoms. The van der Waals surface area contributed by atoms with Gasteiger partial charge in [0.25, 0.3) is 5.91 Å². The summed E-state index contributed by atoms with van der Waals surface area (Å²) in [6, 6.07) is 13.7. The van der Waals surface area contributed by atoms with Crippen LogP contribution in [0.15, 0.2) is 75.9 Å². The third-order valence-electron chi connectivity index (χ3n) is 8.28. The van der Waals surface area contributed by atoms with Crippen molar-refractivity contribution in [1.82, 2.24) is 9.21 Å². The van der Waals surface area contributed by atoms with E-state index in [1.54, 1.807) is 29.4 Å². The number of carbonyl (C=O) groups excluding carboxylic acids is 1. The van der Waals surface area contributed by atoms with Gasteiger partial charge in [-0.1, -0.05) is 18.2 Å². The number of para-hydroxylation sites is 1. The van der Waals surface area contributed by atoms with Crippen molar-refractivity contribution >= 4 is 26.9 Å². The number of rotatable bonds is 11.